The van der Waals surface area contributed by atoms with Crippen molar-refractivity contribution in [3.8, 4) is 11.5 Å². The number of methoxy groups -OCH3 is 1. The molecule has 2 aromatic carbocycles. The lowest BCUT2D eigenvalue weighted by Gasteiger charge is -2.04. The van der Waals surface area contributed by atoms with Crippen molar-refractivity contribution in [1.82, 2.24) is 0 Å². The van der Waals surface area contributed by atoms with Crippen molar-refractivity contribution >= 4 is 23.8 Å². The molecule has 23 heavy (non-hydrogen) atoms. The predicted octanol–water partition coefficient (Wildman–Crippen LogP) is 3.88. The van der Waals surface area contributed by atoms with Crippen LogP contribution in [0.5, 0.6) is 11.5 Å². The van der Waals surface area contributed by atoms with Gasteiger partial charge in [0.1, 0.15) is 6.61 Å². The van der Waals surface area contributed by atoms with Crippen molar-refractivity contribution < 1.29 is 19.4 Å². The van der Waals surface area contributed by atoms with Crippen LogP contribution in [-0.4, -0.2) is 24.4 Å². The minimum Gasteiger partial charge on any atom is -0.504 e. The van der Waals surface area contributed by atoms with E-state index >= 15 is 0 Å². The van der Waals surface area contributed by atoms with E-state index < -0.39 is 5.97 Å². The molecule has 120 valence electrons. The van der Waals surface area contributed by atoms with Gasteiger partial charge in [-0.2, -0.15) is 0 Å². The van der Waals surface area contributed by atoms with Crippen LogP contribution >= 0.6 is 11.8 Å². The fourth-order valence-electron chi connectivity index (χ4n) is 1.89. The Bertz CT molecular complexity index is 693. The van der Waals surface area contributed by atoms with Gasteiger partial charge in [0.2, 0.25) is 0 Å². The van der Waals surface area contributed by atoms with Crippen LogP contribution in [0.3, 0.4) is 0 Å². The Kier molecular flexibility index (Phi) is 6.11. The number of rotatable bonds is 6. The van der Waals surface area contributed by atoms with Crippen LogP contribution in [0.1, 0.15) is 11.1 Å². The molecule has 0 aliphatic rings. The molecule has 0 heterocycles. The van der Waals surface area contributed by atoms with E-state index in [1.54, 1.807) is 30.0 Å². The highest BCUT2D eigenvalue weighted by Gasteiger charge is 2.02. The molecule has 0 spiro atoms. The van der Waals surface area contributed by atoms with Crippen LogP contribution in [0, 0.1) is 0 Å². The molecule has 0 atom stereocenters. The molecular weight excluding hydrogens is 312 g/mol. The van der Waals surface area contributed by atoms with Crippen LogP contribution < -0.4 is 4.74 Å². The van der Waals surface area contributed by atoms with Gasteiger partial charge < -0.3 is 14.6 Å². The Morgan fingerprint density at radius 3 is 2.61 bits per heavy atom. The minimum absolute atomic E-state index is 0.0564. The molecular formula is C18H18O4S. The first-order chi connectivity index (χ1) is 11.1. The van der Waals surface area contributed by atoms with Crippen LogP contribution in [0.15, 0.2) is 53.4 Å². The van der Waals surface area contributed by atoms with Crippen LogP contribution in [0.4, 0.5) is 0 Å². The number of hydrogen-bond acceptors (Lipinski definition) is 5. The molecule has 0 fully saturated rings. The van der Waals surface area contributed by atoms with Gasteiger partial charge in [-0.15, -0.1) is 11.8 Å². The van der Waals surface area contributed by atoms with Crippen molar-refractivity contribution in [1.29, 1.82) is 0 Å². The summed E-state index contributed by atoms with van der Waals surface area (Å²) in [6.45, 7) is 0.233. The van der Waals surface area contributed by atoms with Crippen molar-refractivity contribution in [2.75, 3.05) is 13.4 Å². The Balaban J connectivity index is 1.90. The molecule has 1 N–H and O–H groups in total. The Morgan fingerprint density at radius 1 is 1.22 bits per heavy atom. The molecule has 0 radical (unpaired) electrons. The number of ether oxygens (including phenoxy) is 2. The fraction of sp³-hybridized carbons (Fsp3) is 0.167. The van der Waals surface area contributed by atoms with Crippen molar-refractivity contribution in [2.45, 2.75) is 11.5 Å². The summed E-state index contributed by atoms with van der Waals surface area (Å²) in [6, 6.07) is 12.7. The number of thioether (sulfide) groups is 1. The standard InChI is InChI=1S/C18H18O4S/c1-21-17-11-13(5-9-16(17)19)6-10-18(20)22-12-14-3-7-15(23-2)8-4-14/h3-11,19H,12H2,1-2H3/b10-6+. The first kappa shape index (κ1) is 17.0. The summed E-state index contributed by atoms with van der Waals surface area (Å²) in [6.07, 6.45) is 4.97. The monoisotopic (exact) mass is 330 g/mol. The Morgan fingerprint density at radius 2 is 1.96 bits per heavy atom. The zero-order chi connectivity index (χ0) is 16.7. The van der Waals surface area contributed by atoms with E-state index in [1.165, 1.54) is 24.1 Å². The van der Waals surface area contributed by atoms with Crippen LogP contribution in [-0.2, 0) is 16.1 Å². The van der Waals surface area contributed by atoms with E-state index in [9.17, 15) is 9.90 Å². The number of carbonyl (C=O) groups excluding carboxylic acids is 1. The highest BCUT2D eigenvalue weighted by atomic mass is 32.2. The molecule has 2 rings (SSSR count). The van der Waals surface area contributed by atoms with Gasteiger partial charge in [0, 0.05) is 11.0 Å². The third-order valence-electron chi connectivity index (χ3n) is 3.16. The normalized spacial score (nSPS) is 10.7. The molecule has 2 aromatic rings. The van der Waals surface area contributed by atoms with E-state index in [1.807, 2.05) is 30.5 Å². The van der Waals surface area contributed by atoms with Gasteiger partial charge in [0.25, 0.3) is 0 Å². The summed E-state index contributed by atoms with van der Waals surface area (Å²) in [5.41, 5.74) is 1.68. The molecule has 0 unspecified atom stereocenters. The van der Waals surface area contributed by atoms with Crippen LogP contribution in [0.25, 0.3) is 6.08 Å². The molecule has 0 aromatic heterocycles. The minimum atomic E-state index is -0.425. The summed E-state index contributed by atoms with van der Waals surface area (Å²) in [4.78, 5) is 12.9. The highest BCUT2D eigenvalue weighted by molar-refractivity contribution is 7.98. The second-order valence-corrected chi connectivity index (χ2v) is 5.60. The third-order valence-corrected chi connectivity index (χ3v) is 3.90. The summed E-state index contributed by atoms with van der Waals surface area (Å²) < 4.78 is 10.2. The molecule has 0 saturated heterocycles. The number of phenolic OH excluding ortho intramolecular Hbond substituents is 1. The molecule has 0 aliphatic heterocycles. The van der Waals surface area contributed by atoms with Crippen molar-refractivity contribution in [3.05, 3.63) is 59.7 Å². The largest absolute Gasteiger partial charge is 0.504 e. The molecule has 5 heteroatoms. The fourth-order valence-corrected chi connectivity index (χ4v) is 2.29. The topological polar surface area (TPSA) is 55.8 Å². The first-order valence-electron chi connectivity index (χ1n) is 6.97. The predicted molar refractivity (Wildman–Crippen MR) is 91.7 cm³/mol. The smallest absolute Gasteiger partial charge is 0.331 e. The second kappa shape index (κ2) is 8.29. The summed E-state index contributed by atoms with van der Waals surface area (Å²) in [5.74, 6) is -0.0127. The van der Waals surface area contributed by atoms with E-state index in [0.29, 0.717) is 5.75 Å². The van der Waals surface area contributed by atoms with Gasteiger partial charge in [-0.05, 0) is 47.7 Å². The lowest BCUT2D eigenvalue weighted by atomic mass is 10.2. The van der Waals surface area contributed by atoms with Gasteiger partial charge in [-0.1, -0.05) is 18.2 Å². The van der Waals surface area contributed by atoms with Gasteiger partial charge >= 0.3 is 5.97 Å². The molecule has 0 saturated carbocycles. The van der Waals surface area contributed by atoms with E-state index in [-0.39, 0.29) is 12.4 Å². The summed E-state index contributed by atoms with van der Waals surface area (Å²) >= 11 is 1.66. The molecule has 0 aliphatic carbocycles. The van der Waals surface area contributed by atoms with E-state index in [0.717, 1.165) is 11.1 Å². The van der Waals surface area contributed by atoms with Gasteiger partial charge in [-0.25, -0.2) is 4.79 Å². The second-order valence-electron chi connectivity index (χ2n) is 4.72. The Hall–Kier alpha value is -2.40. The number of hydrogen-bond donors (Lipinski definition) is 1. The van der Waals surface area contributed by atoms with E-state index in [4.69, 9.17) is 9.47 Å². The van der Waals surface area contributed by atoms with Gasteiger partial charge in [0.15, 0.2) is 11.5 Å². The maximum atomic E-state index is 11.7. The lowest BCUT2D eigenvalue weighted by Crippen LogP contribution is -2.00. The van der Waals surface area contributed by atoms with E-state index in [2.05, 4.69) is 0 Å². The maximum Gasteiger partial charge on any atom is 0.331 e. The van der Waals surface area contributed by atoms with Crippen molar-refractivity contribution in [3.63, 3.8) is 0 Å². The molecule has 0 amide bonds. The number of aromatic hydroxyl groups is 1. The number of benzene rings is 2. The SMILES string of the molecule is COc1cc(/C=C/C(=O)OCc2ccc(SC)cc2)ccc1O. The number of esters is 1. The molecule has 4 nitrogen and oxygen atoms in total. The maximum absolute atomic E-state index is 11.7. The third kappa shape index (κ3) is 5.07. The van der Waals surface area contributed by atoms with Crippen LogP contribution in [0.2, 0.25) is 0 Å². The number of phenols is 1. The number of carbonyl (C=O) groups is 1. The molecule has 0 bridgehead atoms. The average Bonchev–Trinajstić information content (AvgIpc) is 2.59. The summed E-state index contributed by atoms with van der Waals surface area (Å²) in [5, 5.41) is 9.52. The van der Waals surface area contributed by atoms with Crippen molar-refractivity contribution in [2.24, 2.45) is 0 Å². The average molecular weight is 330 g/mol. The zero-order valence-electron chi connectivity index (χ0n) is 13.0. The van der Waals surface area contributed by atoms with Gasteiger partial charge in [-0.3, -0.25) is 0 Å². The quantitative estimate of drug-likeness (QED) is 0.495. The highest BCUT2D eigenvalue weighted by Crippen LogP contribution is 2.26. The zero-order valence-corrected chi connectivity index (χ0v) is 13.8. The lowest BCUT2D eigenvalue weighted by molar-refractivity contribution is -0.138. The summed E-state index contributed by atoms with van der Waals surface area (Å²) in [7, 11) is 1.47. The van der Waals surface area contributed by atoms with Gasteiger partial charge in [0.05, 0.1) is 7.11 Å². The first-order valence-corrected chi connectivity index (χ1v) is 8.19. The Labute approximate surface area is 139 Å².